The smallest absolute Gasteiger partial charge is 0.263 e. The Morgan fingerprint density at radius 3 is 3.06 bits per heavy atom. The fourth-order valence-corrected chi connectivity index (χ4v) is 1.97. The van der Waals surface area contributed by atoms with Crippen molar-refractivity contribution >= 4 is 28.5 Å². The molecule has 3 rings (SSSR count). The van der Waals surface area contributed by atoms with E-state index in [9.17, 15) is 0 Å². The minimum Gasteiger partial charge on any atom is -0.347 e. The molecule has 3 aromatic rings. The molecule has 0 aliphatic heterocycles. The Morgan fingerprint density at radius 2 is 2.22 bits per heavy atom. The molecule has 0 spiro atoms. The van der Waals surface area contributed by atoms with Crippen LogP contribution in [0.25, 0.3) is 10.9 Å². The number of rotatable bonds is 3. The van der Waals surface area contributed by atoms with Gasteiger partial charge in [0, 0.05) is 23.2 Å². The number of nitrogens with one attached hydrogen (secondary N) is 2. The van der Waals surface area contributed by atoms with Crippen LogP contribution in [-0.4, -0.2) is 25.6 Å². The molecule has 0 fully saturated rings. The molecular weight excluding hydrogens is 252 g/mol. The largest absolute Gasteiger partial charge is 0.347 e. The number of fused-ring (bicyclic) bond motifs is 1. The van der Waals surface area contributed by atoms with Crippen LogP contribution < -0.4 is 5.32 Å². The molecular formula is C11H9ClN6. The van der Waals surface area contributed by atoms with Gasteiger partial charge >= 0.3 is 0 Å². The molecule has 2 aromatic heterocycles. The summed E-state index contributed by atoms with van der Waals surface area (Å²) in [6, 6.07) is 7.61. The second-order valence-corrected chi connectivity index (χ2v) is 4.10. The van der Waals surface area contributed by atoms with E-state index >= 15 is 0 Å². The van der Waals surface area contributed by atoms with E-state index in [-0.39, 0.29) is 0 Å². The molecule has 0 aliphatic carbocycles. The summed E-state index contributed by atoms with van der Waals surface area (Å²) in [4.78, 5) is 4.35. The van der Waals surface area contributed by atoms with Gasteiger partial charge in [-0.2, -0.15) is 5.21 Å². The molecule has 0 aliphatic rings. The number of hydrogen-bond donors (Lipinski definition) is 2. The van der Waals surface area contributed by atoms with Crippen molar-refractivity contribution in [1.29, 1.82) is 0 Å². The molecule has 0 amide bonds. The van der Waals surface area contributed by atoms with Gasteiger partial charge in [0.15, 0.2) is 0 Å². The number of H-pyrrole nitrogens is 1. The van der Waals surface area contributed by atoms with Gasteiger partial charge < -0.3 is 5.32 Å². The lowest BCUT2D eigenvalue weighted by atomic mass is 10.1. The number of nitrogens with zero attached hydrogens (tertiary/aromatic N) is 4. The Bertz CT molecular complexity index is 666. The first-order valence-corrected chi connectivity index (χ1v) is 5.72. The molecule has 2 heterocycles. The van der Waals surface area contributed by atoms with Crippen molar-refractivity contribution in [3.05, 3.63) is 41.0 Å². The predicted octanol–water partition coefficient (Wildman–Crippen LogP) is 2.01. The lowest BCUT2D eigenvalue weighted by Crippen LogP contribution is -2.02. The zero-order valence-corrected chi connectivity index (χ0v) is 10.0. The number of aromatic amines is 1. The lowest BCUT2D eigenvalue weighted by molar-refractivity contribution is 0.881. The molecule has 0 saturated carbocycles. The van der Waals surface area contributed by atoms with Crippen molar-refractivity contribution in [2.75, 3.05) is 5.32 Å². The van der Waals surface area contributed by atoms with Crippen molar-refractivity contribution in [2.24, 2.45) is 0 Å². The normalized spacial score (nSPS) is 10.7. The maximum atomic E-state index is 6.13. The summed E-state index contributed by atoms with van der Waals surface area (Å²) in [5.41, 5.74) is 1.90. The molecule has 0 radical (unpaired) electrons. The Labute approximate surface area is 107 Å². The first kappa shape index (κ1) is 10.9. The van der Waals surface area contributed by atoms with Crippen LogP contribution in [0.2, 0.25) is 5.02 Å². The van der Waals surface area contributed by atoms with E-state index in [0.29, 0.717) is 17.5 Å². The fraction of sp³-hybridized carbons (Fsp3) is 0.0909. The second-order valence-electron chi connectivity index (χ2n) is 3.70. The molecule has 90 valence electrons. The maximum absolute atomic E-state index is 6.13. The van der Waals surface area contributed by atoms with Crippen molar-refractivity contribution in [3.8, 4) is 0 Å². The zero-order valence-electron chi connectivity index (χ0n) is 9.26. The van der Waals surface area contributed by atoms with Crippen LogP contribution >= 0.6 is 11.6 Å². The van der Waals surface area contributed by atoms with Gasteiger partial charge in [0.25, 0.3) is 5.95 Å². The number of benzene rings is 1. The maximum Gasteiger partial charge on any atom is 0.263 e. The van der Waals surface area contributed by atoms with E-state index in [1.165, 1.54) is 0 Å². The summed E-state index contributed by atoms with van der Waals surface area (Å²) in [6.45, 7) is 0.560. The summed E-state index contributed by atoms with van der Waals surface area (Å²) in [5, 5.41) is 18.2. The average Bonchev–Trinajstić information content (AvgIpc) is 2.92. The molecule has 0 unspecified atom stereocenters. The van der Waals surface area contributed by atoms with Gasteiger partial charge in [-0.15, -0.1) is 5.10 Å². The first-order valence-electron chi connectivity index (χ1n) is 5.34. The van der Waals surface area contributed by atoms with E-state index in [2.05, 4.69) is 30.9 Å². The number of halogens is 1. The summed E-state index contributed by atoms with van der Waals surface area (Å²) >= 11 is 6.13. The van der Waals surface area contributed by atoms with E-state index in [1.807, 2.05) is 24.3 Å². The highest BCUT2D eigenvalue weighted by atomic mass is 35.5. The topological polar surface area (TPSA) is 79.4 Å². The van der Waals surface area contributed by atoms with Crippen LogP contribution in [0, 0.1) is 0 Å². The summed E-state index contributed by atoms with van der Waals surface area (Å²) in [6.07, 6.45) is 1.75. The second kappa shape index (κ2) is 4.58. The molecule has 0 saturated heterocycles. The molecule has 1 aromatic carbocycles. The quantitative estimate of drug-likeness (QED) is 0.753. The number of pyridine rings is 1. The van der Waals surface area contributed by atoms with Gasteiger partial charge in [0.1, 0.15) is 0 Å². The highest BCUT2D eigenvalue weighted by molar-refractivity contribution is 6.35. The van der Waals surface area contributed by atoms with Crippen LogP contribution in [0.3, 0.4) is 0 Å². The monoisotopic (exact) mass is 260 g/mol. The Morgan fingerprint density at radius 1 is 1.28 bits per heavy atom. The van der Waals surface area contributed by atoms with E-state index in [4.69, 9.17) is 11.6 Å². The van der Waals surface area contributed by atoms with E-state index in [0.717, 1.165) is 16.5 Å². The highest BCUT2D eigenvalue weighted by Gasteiger charge is 2.06. The number of hydrogen-bond acceptors (Lipinski definition) is 5. The molecule has 7 heteroatoms. The summed E-state index contributed by atoms with van der Waals surface area (Å²) < 4.78 is 0. The van der Waals surface area contributed by atoms with Crippen molar-refractivity contribution in [2.45, 2.75) is 6.54 Å². The average molecular weight is 261 g/mol. The molecule has 18 heavy (non-hydrogen) atoms. The molecule has 0 bridgehead atoms. The van der Waals surface area contributed by atoms with Crippen molar-refractivity contribution in [3.63, 3.8) is 0 Å². The Kier molecular flexibility index (Phi) is 2.77. The van der Waals surface area contributed by atoms with Crippen molar-refractivity contribution in [1.82, 2.24) is 25.6 Å². The van der Waals surface area contributed by atoms with Gasteiger partial charge in [0.05, 0.1) is 5.52 Å². The fourth-order valence-electron chi connectivity index (χ4n) is 1.75. The van der Waals surface area contributed by atoms with Crippen molar-refractivity contribution < 1.29 is 0 Å². The third-order valence-electron chi connectivity index (χ3n) is 2.58. The van der Waals surface area contributed by atoms with Gasteiger partial charge in [-0.3, -0.25) is 4.98 Å². The zero-order chi connectivity index (χ0) is 12.4. The SMILES string of the molecule is Clc1ccc(CNc2nn[nH]n2)c2ncccc12. The molecule has 0 atom stereocenters. The summed E-state index contributed by atoms with van der Waals surface area (Å²) in [5.74, 6) is 0.453. The van der Waals surface area contributed by atoms with Crippen LogP contribution in [0.5, 0.6) is 0 Å². The standard InChI is InChI=1S/C11H9ClN6/c12-9-4-3-7(6-14-11-15-17-18-16-11)10-8(9)2-1-5-13-10/h1-5H,6H2,(H2,14,15,16,17,18). The Balaban J connectivity index is 1.94. The van der Waals surface area contributed by atoms with Crippen LogP contribution in [0.15, 0.2) is 30.5 Å². The van der Waals surface area contributed by atoms with Gasteiger partial charge in [-0.1, -0.05) is 22.8 Å². The third kappa shape index (κ3) is 1.98. The Hall–Kier alpha value is -2.21. The number of anilines is 1. The number of tetrazole rings is 1. The van der Waals surface area contributed by atoms with Crippen LogP contribution in [-0.2, 0) is 6.54 Å². The highest BCUT2D eigenvalue weighted by Crippen LogP contribution is 2.24. The summed E-state index contributed by atoms with van der Waals surface area (Å²) in [7, 11) is 0. The van der Waals surface area contributed by atoms with Gasteiger partial charge in [-0.05, 0) is 29.0 Å². The number of aromatic nitrogens is 5. The molecule has 6 nitrogen and oxygen atoms in total. The van der Waals surface area contributed by atoms with E-state index < -0.39 is 0 Å². The van der Waals surface area contributed by atoms with Crippen LogP contribution in [0.4, 0.5) is 5.95 Å². The third-order valence-corrected chi connectivity index (χ3v) is 2.91. The van der Waals surface area contributed by atoms with E-state index in [1.54, 1.807) is 6.20 Å². The van der Waals surface area contributed by atoms with Crippen LogP contribution in [0.1, 0.15) is 5.56 Å². The minimum absolute atomic E-state index is 0.453. The lowest BCUT2D eigenvalue weighted by Gasteiger charge is -2.07. The van der Waals surface area contributed by atoms with Gasteiger partial charge in [0.2, 0.25) is 0 Å². The first-order chi connectivity index (χ1) is 8.84. The molecule has 2 N–H and O–H groups in total. The van der Waals surface area contributed by atoms with Gasteiger partial charge in [-0.25, -0.2) is 0 Å². The minimum atomic E-state index is 0.453. The predicted molar refractivity (Wildman–Crippen MR) is 68.3 cm³/mol.